The molecule has 1 atom stereocenters. The first kappa shape index (κ1) is 20.7. The van der Waals surface area contributed by atoms with Gasteiger partial charge >= 0.3 is 0 Å². The molecule has 0 aliphatic carbocycles. The highest BCUT2D eigenvalue weighted by Crippen LogP contribution is 2.32. The van der Waals surface area contributed by atoms with E-state index in [1.165, 1.54) is 6.07 Å². The van der Waals surface area contributed by atoms with E-state index in [1.807, 2.05) is 22.8 Å². The Morgan fingerprint density at radius 2 is 1.84 bits per heavy atom. The van der Waals surface area contributed by atoms with Gasteiger partial charge in [-0.25, -0.2) is 4.39 Å². The summed E-state index contributed by atoms with van der Waals surface area (Å²) in [6.07, 6.45) is 6.46. The number of pyridine rings is 1. The van der Waals surface area contributed by atoms with E-state index in [-0.39, 0.29) is 17.6 Å². The maximum atomic E-state index is 14.1. The van der Waals surface area contributed by atoms with Crippen molar-refractivity contribution >= 4 is 22.7 Å². The van der Waals surface area contributed by atoms with E-state index in [1.54, 1.807) is 30.6 Å². The zero-order valence-electron chi connectivity index (χ0n) is 18.2. The smallest absolute Gasteiger partial charge is 0.270 e. The second-order valence-corrected chi connectivity index (χ2v) is 9.11. The monoisotopic (exact) mass is 434 g/mol. The number of nitrogens with zero attached hydrogens (tertiary/aromatic N) is 3. The van der Waals surface area contributed by atoms with Crippen LogP contribution in [0.4, 0.5) is 4.39 Å². The number of aryl methyl sites for hydroxylation is 1. The van der Waals surface area contributed by atoms with Gasteiger partial charge in [0.1, 0.15) is 11.5 Å². The summed E-state index contributed by atoms with van der Waals surface area (Å²) < 4.78 is 14.1. The van der Waals surface area contributed by atoms with E-state index >= 15 is 0 Å². The molecule has 1 aromatic carbocycles. The van der Waals surface area contributed by atoms with Crippen molar-refractivity contribution in [2.24, 2.45) is 11.8 Å². The number of aromatic amines is 1. The van der Waals surface area contributed by atoms with Crippen molar-refractivity contribution in [3.8, 4) is 0 Å². The minimum Gasteiger partial charge on any atom is -0.350 e. The SMILES string of the molecule is Cc1cncc(C(=O)N2CC(C3CCCCN(C(=O)c4cc5c(F)cccc5[nH]4)C3)C2)c1. The van der Waals surface area contributed by atoms with Gasteiger partial charge in [0.2, 0.25) is 0 Å². The Morgan fingerprint density at radius 3 is 2.62 bits per heavy atom. The van der Waals surface area contributed by atoms with Crippen LogP contribution in [0, 0.1) is 24.6 Å². The Balaban J connectivity index is 1.25. The molecule has 32 heavy (non-hydrogen) atoms. The number of amides is 2. The number of hydrogen-bond acceptors (Lipinski definition) is 3. The molecule has 7 heteroatoms. The molecule has 166 valence electrons. The van der Waals surface area contributed by atoms with Crippen LogP contribution in [0.3, 0.4) is 0 Å². The van der Waals surface area contributed by atoms with Crippen LogP contribution in [0.2, 0.25) is 0 Å². The van der Waals surface area contributed by atoms with Crippen molar-refractivity contribution in [3.05, 3.63) is 65.4 Å². The van der Waals surface area contributed by atoms with Crippen molar-refractivity contribution in [1.29, 1.82) is 0 Å². The molecule has 0 radical (unpaired) electrons. The van der Waals surface area contributed by atoms with E-state index in [4.69, 9.17) is 0 Å². The number of H-pyrrole nitrogens is 1. The number of rotatable bonds is 3. The number of carbonyl (C=O) groups excluding carboxylic acids is 2. The summed E-state index contributed by atoms with van der Waals surface area (Å²) in [4.78, 5) is 36.9. The zero-order valence-corrected chi connectivity index (χ0v) is 18.2. The molecule has 2 fully saturated rings. The molecule has 0 bridgehead atoms. The molecule has 3 aromatic rings. The number of nitrogens with one attached hydrogen (secondary N) is 1. The summed E-state index contributed by atoms with van der Waals surface area (Å²) in [6, 6.07) is 8.32. The normalized spacial score (nSPS) is 19.6. The van der Waals surface area contributed by atoms with E-state index < -0.39 is 0 Å². The molecule has 2 aliphatic rings. The van der Waals surface area contributed by atoms with Crippen molar-refractivity contribution in [1.82, 2.24) is 19.8 Å². The zero-order chi connectivity index (χ0) is 22.2. The van der Waals surface area contributed by atoms with Gasteiger partial charge in [-0.2, -0.15) is 0 Å². The van der Waals surface area contributed by atoms with Crippen LogP contribution in [0.5, 0.6) is 0 Å². The van der Waals surface area contributed by atoms with Gasteiger partial charge in [0, 0.05) is 49.5 Å². The molecule has 2 aromatic heterocycles. The number of halogens is 1. The lowest BCUT2D eigenvalue weighted by molar-refractivity contribution is 0.0293. The Bertz CT molecular complexity index is 1170. The number of carbonyl (C=O) groups is 2. The van der Waals surface area contributed by atoms with Gasteiger partial charge in [-0.05, 0) is 61.4 Å². The van der Waals surface area contributed by atoms with Crippen molar-refractivity contribution < 1.29 is 14.0 Å². The van der Waals surface area contributed by atoms with Crippen LogP contribution in [0.25, 0.3) is 10.9 Å². The van der Waals surface area contributed by atoms with Gasteiger partial charge in [0.15, 0.2) is 0 Å². The van der Waals surface area contributed by atoms with Crippen LogP contribution in [-0.2, 0) is 0 Å². The highest BCUT2D eigenvalue weighted by atomic mass is 19.1. The maximum Gasteiger partial charge on any atom is 0.270 e. The third-order valence-electron chi connectivity index (χ3n) is 6.82. The number of hydrogen-bond donors (Lipinski definition) is 1. The number of fused-ring (bicyclic) bond motifs is 1. The summed E-state index contributed by atoms with van der Waals surface area (Å²) in [5.74, 6) is 0.381. The fraction of sp³-hybridized carbons (Fsp3) is 0.400. The lowest BCUT2D eigenvalue weighted by atomic mass is 9.82. The quantitative estimate of drug-likeness (QED) is 0.677. The van der Waals surface area contributed by atoms with Crippen LogP contribution in [0.15, 0.2) is 42.7 Å². The molecule has 2 amide bonds. The molecule has 4 heterocycles. The second kappa shape index (κ2) is 8.37. The van der Waals surface area contributed by atoms with Gasteiger partial charge < -0.3 is 14.8 Å². The van der Waals surface area contributed by atoms with E-state index in [2.05, 4.69) is 9.97 Å². The lowest BCUT2D eigenvalue weighted by Gasteiger charge is -2.44. The van der Waals surface area contributed by atoms with Crippen LogP contribution < -0.4 is 0 Å². The predicted octanol–water partition coefficient (Wildman–Crippen LogP) is 4.02. The van der Waals surface area contributed by atoms with Crippen molar-refractivity contribution in [2.75, 3.05) is 26.2 Å². The number of aromatic nitrogens is 2. The third kappa shape index (κ3) is 3.87. The fourth-order valence-electron chi connectivity index (χ4n) is 4.98. The van der Waals surface area contributed by atoms with Gasteiger partial charge in [-0.3, -0.25) is 14.6 Å². The minimum absolute atomic E-state index is 0.0270. The average Bonchev–Trinajstić information content (AvgIpc) is 3.05. The van der Waals surface area contributed by atoms with E-state index in [0.29, 0.717) is 47.1 Å². The Hall–Kier alpha value is -3.22. The van der Waals surface area contributed by atoms with Crippen LogP contribution >= 0.6 is 0 Å². The van der Waals surface area contributed by atoms with Crippen LogP contribution in [-0.4, -0.2) is 57.8 Å². The highest BCUT2D eigenvalue weighted by molar-refractivity contribution is 5.98. The molecular weight excluding hydrogens is 407 g/mol. The largest absolute Gasteiger partial charge is 0.350 e. The first-order chi connectivity index (χ1) is 15.5. The van der Waals surface area contributed by atoms with Gasteiger partial charge in [-0.1, -0.05) is 12.5 Å². The topological polar surface area (TPSA) is 69.3 Å². The molecule has 0 saturated carbocycles. The van der Waals surface area contributed by atoms with Crippen molar-refractivity contribution in [3.63, 3.8) is 0 Å². The molecule has 1 unspecified atom stereocenters. The maximum absolute atomic E-state index is 14.1. The first-order valence-electron chi connectivity index (χ1n) is 11.3. The molecule has 0 spiro atoms. The fourth-order valence-corrected chi connectivity index (χ4v) is 4.98. The lowest BCUT2D eigenvalue weighted by Crippen LogP contribution is -2.54. The molecular formula is C25H27FN4O2. The Kier molecular flexibility index (Phi) is 5.41. The minimum atomic E-state index is -0.324. The third-order valence-corrected chi connectivity index (χ3v) is 6.82. The van der Waals surface area contributed by atoms with Crippen LogP contribution in [0.1, 0.15) is 45.7 Å². The number of benzene rings is 1. The molecule has 1 N–H and O–H groups in total. The number of likely N-dealkylation sites (tertiary alicyclic amines) is 2. The Labute approximate surface area is 186 Å². The summed E-state index contributed by atoms with van der Waals surface area (Å²) in [6.45, 7) is 4.75. The highest BCUT2D eigenvalue weighted by Gasteiger charge is 2.38. The summed E-state index contributed by atoms with van der Waals surface area (Å²) >= 11 is 0. The summed E-state index contributed by atoms with van der Waals surface area (Å²) in [5, 5.41) is 0.445. The molecule has 5 rings (SSSR count). The van der Waals surface area contributed by atoms with Gasteiger partial charge in [0.25, 0.3) is 11.8 Å². The average molecular weight is 435 g/mol. The van der Waals surface area contributed by atoms with Gasteiger partial charge in [0.05, 0.1) is 5.56 Å². The van der Waals surface area contributed by atoms with Gasteiger partial charge in [-0.15, -0.1) is 0 Å². The van der Waals surface area contributed by atoms with E-state index in [0.717, 1.165) is 37.9 Å². The van der Waals surface area contributed by atoms with Crippen molar-refractivity contribution in [2.45, 2.75) is 26.2 Å². The predicted molar refractivity (Wildman–Crippen MR) is 120 cm³/mol. The molecule has 6 nitrogen and oxygen atoms in total. The van der Waals surface area contributed by atoms with E-state index in [9.17, 15) is 14.0 Å². The first-order valence-corrected chi connectivity index (χ1v) is 11.3. The molecule has 2 aliphatic heterocycles. The standard InChI is InChI=1S/C25H27FN4O2/c1-16-9-18(12-27-11-16)24(31)30-14-19(15-30)17-5-2-3-8-29(13-17)25(32)23-10-20-21(26)6-4-7-22(20)28-23/h4,6-7,9-12,17,19,28H,2-3,5,8,13-15H2,1H3. The summed E-state index contributed by atoms with van der Waals surface area (Å²) in [7, 11) is 0. The second-order valence-electron chi connectivity index (χ2n) is 9.11. The molecule has 2 saturated heterocycles. The Morgan fingerprint density at radius 1 is 1.03 bits per heavy atom. The summed E-state index contributed by atoms with van der Waals surface area (Å²) in [5.41, 5.74) is 2.68.